The van der Waals surface area contributed by atoms with Gasteiger partial charge in [-0.1, -0.05) is 188 Å². The predicted octanol–water partition coefficient (Wildman–Crippen LogP) is 15.1. The summed E-state index contributed by atoms with van der Waals surface area (Å²) in [6, 6.07) is 47.0. The normalized spacial score (nSPS) is 14.0. The van der Waals surface area contributed by atoms with Crippen molar-refractivity contribution in [3.8, 4) is 45.1 Å². The number of imidazole rings is 3. The van der Waals surface area contributed by atoms with E-state index in [1.165, 1.54) is 0 Å². The molecule has 0 aliphatic heterocycles. The fourth-order valence-electron chi connectivity index (χ4n) is 10.6. The zero-order valence-corrected chi connectivity index (χ0v) is 42.0. The van der Waals surface area contributed by atoms with Crippen molar-refractivity contribution in [3.05, 3.63) is 230 Å². The molecule has 0 aliphatic rings. The molecule has 9 heteroatoms. The molecule has 0 aliphatic carbocycles. The molecule has 0 bridgehead atoms. The summed E-state index contributed by atoms with van der Waals surface area (Å²) >= 11 is 0. The first-order chi connectivity index (χ1) is 40.0. The molecule has 0 fully saturated rings. The van der Waals surface area contributed by atoms with Crippen LogP contribution in [0.1, 0.15) is 40.0 Å². The summed E-state index contributed by atoms with van der Waals surface area (Å²) in [6.07, 6.45) is 5.43. The Hall–Kier alpha value is -8.84. The van der Waals surface area contributed by atoms with E-state index in [4.69, 9.17) is 22.6 Å². The van der Waals surface area contributed by atoms with Gasteiger partial charge in [0.1, 0.15) is 11.4 Å². The SMILES string of the molecule is [2H]c1c([2H])c([2H])c(-c2cccc(-c3c([2H])c([2H])c([2H])c([2H])c3[2H])c2-[n+]2[c-]n(-c3[c-]c(-n4c5[c-]c6c(cc5n5c7ccccc7nc45)c4ccccc4n6-c4cc(C(C)(C)C)ccn4)c4oc5ccccc5c4c3)c3ccccc32)c([2H])c1[2H].[Pt]. The molecule has 0 spiro atoms. The maximum absolute atomic E-state index is 9.23. The first-order valence-corrected chi connectivity index (χ1v) is 23.8. The maximum atomic E-state index is 9.23. The van der Waals surface area contributed by atoms with Gasteiger partial charge in [0, 0.05) is 43.7 Å². The minimum absolute atomic E-state index is 0. The second-order valence-corrected chi connectivity index (χ2v) is 19.1. The van der Waals surface area contributed by atoms with Gasteiger partial charge in [-0.3, -0.25) is 4.57 Å². The topological polar surface area (TPSA) is 62.0 Å². The van der Waals surface area contributed by atoms with Crippen LogP contribution < -0.4 is 4.57 Å². The Morgan fingerprint density at radius 1 is 0.595 bits per heavy atom. The molecule has 15 rings (SSSR count). The number of rotatable bonds is 6. The Labute approximate surface area is 453 Å². The number of pyridine rings is 1. The molecule has 0 saturated carbocycles. The molecule has 0 unspecified atom stereocenters. The smallest absolute Gasteiger partial charge is 0.268 e. The second-order valence-electron chi connectivity index (χ2n) is 19.1. The van der Waals surface area contributed by atoms with E-state index in [0.29, 0.717) is 44.9 Å². The largest absolute Gasteiger partial charge is 0.514 e. The Balaban J connectivity index is 0.00000627. The molecule has 0 atom stereocenters. The third kappa shape index (κ3) is 6.54. The van der Waals surface area contributed by atoms with Crippen molar-refractivity contribution in [1.82, 2.24) is 28.1 Å². The van der Waals surface area contributed by atoms with Crippen molar-refractivity contribution in [3.63, 3.8) is 0 Å². The van der Waals surface area contributed by atoms with Crippen molar-refractivity contribution >= 4 is 82.6 Å². The molecular weight excluding hydrogens is 1090 g/mol. The van der Waals surface area contributed by atoms with Gasteiger partial charge in [0.2, 0.25) is 5.78 Å². The fraction of sp³-hybridized carbons (Fsp3) is 0.0615. The van der Waals surface area contributed by atoms with Gasteiger partial charge in [-0.25, -0.2) is 9.97 Å². The van der Waals surface area contributed by atoms with Crippen LogP contribution in [0.4, 0.5) is 0 Å². The average Bonchev–Trinajstić information content (AvgIpc) is 1.65. The molecule has 0 radical (unpaired) electrons. The van der Waals surface area contributed by atoms with Crippen LogP contribution in [0.3, 0.4) is 0 Å². The van der Waals surface area contributed by atoms with Gasteiger partial charge in [0.15, 0.2) is 0 Å². The van der Waals surface area contributed by atoms with E-state index in [1.54, 1.807) is 22.8 Å². The van der Waals surface area contributed by atoms with Crippen LogP contribution in [0.15, 0.2) is 211 Å². The van der Waals surface area contributed by atoms with Gasteiger partial charge in [-0.05, 0) is 97.4 Å². The van der Waals surface area contributed by atoms with Crippen molar-refractivity contribution in [1.29, 1.82) is 0 Å². The van der Waals surface area contributed by atoms with E-state index < -0.39 is 60.4 Å². The summed E-state index contributed by atoms with van der Waals surface area (Å²) in [5.74, 6) is 1.31. The molecular formula is C65H43N7OPt-2. The van der Waals surface area contributed by atoms with Gasteiger partial charge < -0.3 is 22.5 Å². The van der Waals surface area contributed by atoms with E-state index >= 15 is 0 Å². The van der Waals surface area contributed by atoms with Crippen LogP contribution in [-0.2, 0) is 26.5 Å². The number of fused-ring (bicyclic) bond motifs is 12. The Morgan fingerprint density at radius 2 is 1.27 bits per heavy atom. The van der Waals surface area contributed by atoms with Crippen LogP contribution in [-0.4, -0.2) is 28.1 Å². The first-order valence-electron chi connectivity index (χ1n) is 28.8. The molecule has 6 aromatic heterocycles. The maximum Gasteiger partial charge on any atom is 0.268 e. The number of hydrogen-bond donors (Lipinski definition) is 0. The number of benzene rings is 9. The van der Waals surface area contributed by atoms with Crippen molar-refractivity contribution in [2.75, 3.05) is 0 Å². The number of para-hydroxylation sites is 7. The molecule has 15 aromatic rings. The van der Waals surface area contributed by atoms with Gasteiger partial charge in [-0.15, -0.1) is 24.3 Å². The van der Waals surface area contributed by atoms with Gasteiger partial charge in [-0.2, -0.15) is 0 Å². The molecule has 0 N–H and O–H groups in total. The average molecular weight is 1140 g/mol. The Morgan fingerprint density at radius 3 is 2.03 bits per heavy atom. The summed E-state index contributed by atoms with van der Waals surface area (Å²) in [6.45, 7) is 6.55. The molecule has 74 heavy (non-hydrogen) atoms. The number of nitrogens with zero attached hydrogens (tertiary/aromatic N) is 7. The number of furan rings is 1. The number of aromatic nitrogens is 7. The van der Waals surface area contributed by atoms with Crippen molar-refractivity contribution in [2.45, 2.75) is 26.2 Å². The Bertz CT molecular complexity index is 5220. The van der Waals surface area contributed by atoms with Crippen LogP contribution >= 0.6 is 0 Å². The van der Waals surface area contributed by atoms with E-state index in [0.717, 1.165) is 60.5 Å². The second kappa shape index (κ2) is 16.6. The van der Waals surface area contributed by atoms with E-state index in [-0.39, 0.29) is 54.4 Å². The standard InChI is InChI=1S/C65H43N7O.Pt/c1-65(2,3)43-33-34-66-61(35-43)70-52-28-13-10-23-47(52)49-38-57-58(39-56(49)70)72(64-67-51-27-12-14-29-53(51)71(57)64)59-37-44(36-50-48-24-11-17-32-60(48)73-63(50)59)68-40-69(55-31-16-15-30-54(55)68)62-45(41-19-6-4-7-20-41)25-18-26-46(62)42-21-8-5-9-22-42;/h4-36,38H,1-3H3;/q-2;/i4D,5D,6D,7D,8D,9D,19D,20D,21D,22D;. The summed E-state index contributed by atoms with van der Waals surface area (Å²) in [7, 11) is 0. The van der Waals surface area contributed by atoms with Crippen LogP contribution in [0, 0.1) is 18.5 Å². The third-order valence-electron chi connectivity index (χ3n) is 13.9. The van der Waals surface area contributed by atoms with Gasteiger partial charge in [0.05, 0.1) is 41.5 Å². The molecule has 0 amide bonds. The number of hydrogen-bond acceptors (Lipinski definition) is 3. The third-order valence-corrected chi connectivity index (χ3v) is 13.9. The van der Waals surface area contributed by atoms with Crippen molar-refractivity contribution < 1.29 is 43.8 Å². The fourth-order valence-corrected chi connectivity index (χ4v) is 10.6. The summed E-state index contributed by atoms with van der Waals surface area (Å²) < 4.78 is 106. The summed E-state index contributed by atoms with van der Waals surface area (Å²) in [4.78, 5) is 10.3. The molecule has 0 saturated heterocycles. The zero-order chi connectivity index (χ0) is 57.2. The van der Waals surface area contributed by atoms with Gasteiger partial charge in [0.25, 0.3) is 6.33 Å². The Kier molecular flexibility index (Phi) is 7.74. The summed E-state index contributed by atoms with van der Waals surface area (Å²) in [5.41, 5.74) is 9.14. The quantitative estimate of drug-likeness (QED) is 0.123. The van der Waals surface area contributed by atoms with Crippen LogP contribution in [0.2, 0.25) is 0 Å². The molecule has 8 nitrogen and oxygen atoms in total. The van der Waals surface area contributed by atoms with Crippen LogP contribution in [0.5, 0.6) is 0 Å². The summed E-state index contributed by atoms with van der Waals surface area (Å²) in [5, 5.41) is 3.53. The molecule has 356 valence electrons. The molecule has 9 aromatic carbocycles. The molecule has 6 heterocycles. The monoisotopic (exact) mass is 1140 g/mol. The minimum atomic E-state index is -0.583. The van der Waals surface area contributed by atoms with Crippen molar-refractivity contribution in [2.24, 2.45) is 0 Å². The van der Waals surface area contributed by atoms with E-state index in [9.17, 15) is 5.48 Å². The zero-order valence-electron chi connectivity index (χ0n) is 49.7. The predicted molar refractivity (Wildman–Crippen MR) is 293 cm³/mol. The van der Waals surface area contributed by atoms with E-state index in [2.05, 4.69) is 78.5 Å². The van der Waals surface area contributed by atoms with Crippen LogP contribution in [0.25, 0.3) is 128 Å². The minimum Gasteiger partial charge on any atom is -0.514 e. The van der Waals surface area contributed by atoms with E-state index in [1.807, 2.05) is 106 Å². The first kappa shape index (κ1) is 34.5. The van der Waals surface area contributed by atoms with Gasteiger partial charge >= 0.3 is 0 Å².